The molecule has 1 amide bonds. The summed E-state index contributed by atoms with van der Waals surface area (Å²) in [5.74, 6) is 0.392. The lowest BCUT2D eigenvalue weighted by atomic mass is 10.1. The van der Waals surface area contributed by atoms with Crippen LogP contribution >= 0.6 is 0 Å². The summed E-state index contributed by atoms with van der Waals surface area (Å²) in [7, 11) is 0. The first kappa shape index (κ1) is 12.0. The van der Waals surface area contributed by atoms with Gasteiger partial charge in [0.1, 0.15) is 5.82 Å². The number of carbonyl (C=O) groups excluding carboxylic acids is 1. The minimum absolute atomic E-state index is 0.0432. The lowest BCUT2D eigenvalue weighted by Crippen LogP contribution is -2.12. The van der Waals surface area contributed by atoms with E-state index in [9.17, 15) is 4.79 Å². The first-order chi connectivity index (χ1) is 8.74. The molecule has 0 aliphatic heterocycles. The Labute approximate surface area is 105 Å². The molecule has 0 aliphatic rings. The molecule has 18 heavy (non-hydrogen) atoms. The molecule has 5 heteroatoms. The maximum absolute atomic E-state index is 11.7. The van der Waals surface area contributed by atoms with Gasteiger partial charge in [-0.15, -0.1) is 0 Å². The van der Waals surface area contributed by atoms with Gasteiger partial charge in [-0.1, -0.05) is 0 Å². The van der Waals surface area contributed by atoms with Gasteiger partial charge in [-0.2, -0.15) is 0 Å². The van der Waals surface area contributed by atoms with E-state index in [-0.39, 0.29) is 5.91 Å². The fraction of sp³-hybridized carbons (Fsp3) is 0.154. The third-order valence-corrected chi connectivity index (χ3v) is 2.46. The zero-order valence-electron chi connectivity index (χ0n) is 9.84. The maximum atomic E-state index is 11.7. The van der Waals surface area contributed by atoms with Crippen LogP contribution in [0.2, 0.25) is 0 Å². The summed E-state index contributed by atoms with van der Waals surface area (Å²) in [5.41, 5.74) is 7.21. The molecule has 0 saturated carbocycles. The molecule has 92 valence electrons. The fourth-order valence-electron chi connectivity index (χ4n) is 1.51. The van der Waals surface area contributed by atoms with Gasteiger partial charge < -0.3 is 11.1 Å². The van der Waals surface area contributed by atoms with Gasteiger partial charge in [-0.05, 0) is 36.2 Å². The van der Waals surface area contributed by atoms with E-state index in [1.165, 1.54) is 0 Å². The van der Waals surface area contributed by atoms with E-state index in [1.54, 1.807) is 30.7 Å². The molecule has 0 aromatic carbocycles. The predicted octanol–water partition coefficient (Wildman–Crippen LogP) is 1.63. The number of aryl methyl sites for hydroxylation is 1. The molecule has 2 aromatic heterocycles. The lowest BCUT2D eigenvalue weighted by molar-refractivity contribution is -0.116. The van der Waals surface area contributed by atoms with Crippen molar-refractivity contribution >= 4 is 17.4 Å². The molecule has 5 nitrogen and oxygen atoms in total. The number of amides is 1. The highest BCUT2D eigenvalue weighted by molar-refractivity contribution is 5.90. The molecule has 3 N–H and O–H groups in total. The van der Waals surface area contributed by atoms with Crippen LogP contribution in [-0.2, 0) is 11.2 Å². The van der Waals surface area contributed by atoms with E-state index in [4.69, 9.17) is 5.73 Å². The molecule has 0 atom stereocenters. The molecule has 2 rings (SSSR count). The maximum Gasteiger partial charge on any atom is 0.224 e. The molecular formula is C13H14N4O. The van der Waals surface area contributed by atoms with E-state index in [1.807, 2.05) is 12.1 Å². The number of nitrogens with two attached hydrogens (primary N) is 1. The number of aromatic nitrogens is 2. The predicted molar refractivity (Wildman–Crippen MR) is 69.8 cm³/mol. The molecule has 0 fully saturated rings. The Kier molecular flexibility index (Phi) is 3.86. The van der Waals surface area contributed by atoms with Crippen LogP contribution in [-0.4, -0.2) is 15.9 Å². The quantitative estimate of drug-likeness (QED) is 0.853. The van der Waals surface area contributed by atoms with Crippen molar-refractivity contribution in [3.8, 4) is 0 Å². The number of pyridine rings is 2. The minimum Gasteiger partial charge on any atom is -0.384 e. The number of hydrogen-bond donors (Lipinski definition) is 2. The smallest absolute Gasteiger partial charge is 0.224 e. The number of hydrogen-bond acceptors (Lipinski definition) is 4. The van der Waals surface area contributed by atoms with Gasteiger partial charge in [0.15, 0.2) is 0 Å². The highest BCUT2D eigenvalue weighted by Crippen LogP contribution is 2.08. The second kappa shape index (κ2) is 5.77. The van der Waals surface area contributed by atoms with Gasteiger partial charge in [0.25, 0.3) is 0 Å². The summed E-state index contributed by atoms with van der Waals surface area (Å²) in [6.45, 7) is 0. The zero-order chi connectivity index (χ0) is 12.8. The lowest BCUT2D eigenvalue weighted by Gasteiger charge is -2.05. The molecule has 0 unspecified atom stereocenters. The van der Waals surface area contributed by atoms with Crippen LogP contribution < -0.4 is 11.1 Å². The Balaban J connectivity index is 1.84. The van der Waals surface area contributed by atoms with Crippen molar-refractivity contribution in [3.05, 3.63) is 48.4 Å². The normalized spacial score (nSPS) is 10.0. The van der Waals surface area contributed by atoms with Crippen LogP contribution in [0.15, 0.2) is 42.9 Å². The number of nitrogens with one attached hydrogen (secondary N) is 1. The summed E-state index contributed by atoms with van der Waals surface area (Å²) in [6, 6.07) is 7.18. The Bertz CT molecular complexity index is 510. The summed E-state index contributed by atoms with van der Waals surface area (Å²) in [4.78, 5) is 19.5. The monoisotopic (exact) mass is 242 g/mol. The molecule has 0 radical (unpaired) electrons. The van der Waals surface area contributed by atoms with Crippen LogP contribution in [0.4, 0.5) is 11.5 Å². The van der Waals surface area contributed by atoms with Crippen molar-refractivity contribution in [2.75, 3.05) is 11.1 Å². The number of nitrogens with zero attached hydrogens (tertiary/aromatic N) is 2. The highest BCUT2D eigenvalue weighted by atomic mass is 16.1. The Morgan fingerprint density at radius 2 is 2.00 bits per heavy atom. The van der Waals surface area contributed by atoms with Gasteiger partial charge in [0, 0.05) is 18.8 Å². The van der Waals surface area contributed by atoms with E-state index in [2.05, 4.69) is 15.3 Å². The van der Waals surface area contributed by atoms with Gasteiger partial charge in [0.2, 0.25) is 5.91 Å². The number of nitrogen functional groups attached to an aromatic ring is 1. The van der Waals surface area contributed by atoms with Crippen molar-refractivity contribution in [1.82, 2.24) is 9.97 Å². The van der Waals surface area contributed by atoms with Crippen LogP contribution in [0, 0.1) is 0 Å². The topological polar surface area (TPSA) is 80.9 Å². The fourth-order valence-corrected chi connectivity index (χ4v) is 1.51. The molecule has 2 aromatic rings. The van der Waals surface area contributed by atoms with E-state index in [0.717, 1.165) is 5.56 Å². The standard InChI is InChI=1S/C13H14N4O/c14-12-3-2-11(9-16-12)17-13(18)4-1-10-5-7-15-8-6-10/h2-3,5-9H,1,4H2,(H2,14,16)(H,17,18). The van der Waals surface area contributed by atoms with Crippen LogP contribution in [0.1, 0.15) is 12.0 Å². The third kappa shape index (κ3) is 3.55. The summed E-state index contributed by atoms with van der Waals surface area (Å²) < 4.78 is 0. The third-order valence-electron chi connectivity index (χ3n) is 2.46. The SMILES string of the molecule is Nc1ccc(NC(=O)CCc2ccncc2)cn1. The average Bonchev–Trinajstić information content (AvgIpc) is 2.40. The van der Waals surface area contributed by atoms with Crippen molar-refractivity contribution in [2.24, 2.45) is 0 Å². The molecule has 2 heterocycles. The summed E-state index contributed by atoms with van der Waals surface area (Å²) >= 11 is 0. The van der Waals surface area contributed by atoms with E-state index >= 15 is 0 Å². The van der Waals surface area contributed by atoms with Gasteiger partial charge in [-0.3, -0.25) is 9.78 Å². The van der Waals surface area contributed by atoms with Crippen molar-refractivity contribution in [3.63, 3.8) is 0 Å². The largest absolute Gasteiger partial charge is 0.384 e. The highest BCUT2D eigenvalue weighted by Gasteiger charge is 2.03. The van der Waals surface area contributed by atoms with Crippen LogP contribution in [0.5, 0.6) is 0 Å². The Hall–Kier alpha value is -2.43. The molecule has 0 aliphatic carbocycles. The molecule has 0 bridgehead atoms. The number of rotatable bonds is 4. The zero-order valence-corrected chi connectivity index (χ0v) is 9.84. The van der Waals surface area contributed by atoms with Gasteiger partial charge >= 0.3 is 0 Å². The van der Waals surface area contributed by atoms with Crippen molar-refractivity contribution < 1.29 is 4.79 Å². The summed E-state index contributed by atoms with van der Waals surface area (Å²) in [6.07, 6.45) is 6.10. The van der Waals surface area contributed by atoms with Crippen molar-refractivity contribution in [1.29, 1.82) is 0 Å². The van der Waals surface area contributed by atoms with Crippen LogP contribution in [0.3, 0.4) is 0 Å². The minimum atomic E-state index is -0.0432. The molecule has 0 saturated heterocycles. The number of anilines is 2. The first-order valence-electron chi connectivity index (χ1n) is 5.64. The summed E-state index contributed by atoms with van der Waals surface area (Å²) in [5, 5.41) is 2.77. The van der Waals surface area contributed by atoms with Crippen molar-refractivity contribution in [2.45, 2.75) is 12.8 Å². The first-order valence-corrected chi connectivity index (χ1v) is 5.64. The van der Waals surface area contributed by atoms with Crippen LogP contribution in [0.25, 0.3) is 0 Å². The van der Waals surface area contributed by atoms with E-state index in [0.29, 0.717) is 24.3 Å². The Morgan fingerprint density at radius 1 is 1.22 bits per heavy atom. The average molecular weight is 242 g/mol. The molecule has 0 spiro atoms. The van der Waals surface area contributed by atoms with Gasteiger partial charge in [0.05, 0.1) is 11.9 Å². The van der Waals surface area contributed by atoms with Gasteiger partial charge in [-0.25, -0.2) is 4.98 Å². The van der Waals surface area contributed by atoms with E-state index < -0.39 is 0 Å². The second-order valence-electron chi connectivity index (χ2n) is 3.88. The second-order valence-corrected chi connectivity index (χ2v) is 3.88. The molecular weight excluding hydrogens is 228 g/mol. The number of carbonyl (C=O) groups is 1. The Morgan fingerprint density at radius 3 is 2.67 bits per heavy atom.